The van der Waals surface area contributed by atoms with Crippen molar-refractivity contribution >= 4 is 30.6 Å². The molecule has 8 rings (SSSR count). The fraction of sp³-hybridized carbons (Fsp3) is 0.405. The molecule has 0 amide bonds. The number of pyridine rings is 3. The van der Waals surface area contributed by atoms with E-state index in [4.69, 9.17) is 12.6 Å². The zero-order valence-corrected chi connectivity index (χ0v) is 28.8. The van der Waals surface area contributed by atoms with Gasteiger partial charge in [-0.2, -0.15) is 0 Å². The summed E-state index contributed by atoms with van der Waals surface area (Å²) in [6.45, 7) is 11.2. The minimum absolute atomic E-state index is 0.149. The molecule has 1 unspecified atom stereocenters. The molecule has 5 aromatic rings. The third-order valence-corrected chi connectivity index (χ3v) is 10.5. The van der Waals surface area contributed by atoms with Crippen molar-refractivity contribution in [1.29, 1.82) is 0 Å². The zero-order valence-electron chi connectivity index (χ0n) is 28.8. The summed E-state index contributed by atoms with van der Waals surface area (Å²) in [5.74, 6) is 0.751. The molecule has 13 heteroatoms. The summed E-state index contributed by atoms with van der Waals surface area (Å²) in [6, 6.07) is 8.70. The Morgan fingerprint density at radius 3 is 2.58 bits per heavy atom. The number of aromatic nitrogens is 5. The summed E-state index contributed by atoms with van der Waals surface area (Å²) in [7, 11) is 7.84. The molecule has 2 fully saturated rings. The molecular weight excluding hydrogens is 631 g/mol. The quantitative estimate of drug-likeness (QED) is 0.251. The first-order chi connectivity index (χ1) is 24.0. The van der Waals surface area contributed by atoms with Crippen LogP contribution >= 0.6 is 0 Å². The number of hydrogen-bond acceptors (Lipinski definition) is 9. The van der Waals surface area contributed by atoms with E-state index in [2.05, 4.69) is 45.9 Å². The van der Waals surface area contributed by atoms with Gasteiger partial charge < -0.3 is 29.0 Å². The van der Waals surface area contributed by atoms with Crippen LogP contribution in [0.25, 0.3) is 22.5 Å². The molecule has 0 bridgehead atoms. The number of ether oxygens (including phenoxy) is 1. The lowest BCUT2D eigenvalue weighted by atomic mass is 9.87. The molecule has 0 saturated carbocycles. The molecule has 2 radical (unpaired) electrons. The third kappa shape index (κ3) is 5.63. The van der Waals surface area contributed by atoms with Crippen molar-refractivity contribution in [3.63, 3.8) is 0 Å². The van der Waals surface area contributed by atoms with Gasteiger partial charge in [-0.05, 0) is 66.6 Å². The summed E-state index contributed by atoms with van der Waals surface area (Å²) in [5, 5.41) is 14.1. The number of rotatable bonds is 7. The van der Waals surface area contributed by atoms with Gasteiger partial charge in [0.15, 0.2) is 0 Å². The van der Waals surface area contributed by atoms with Crippen LogP contribution in [0.2, 0.25) is 0 Å². The third-order valence-electron chi connectivity index (χ3n) is 10.5. The lowest BCUT2D eigenvalue weighted by Crippen LogP contribution is -2.59. The Bertz CT molecular complexity index is 2220. The summed E-state index contributed by atoms with van der Waals surface area (Å²) >= 11 is 0. The first-order valence-electron chi connectivity index (χ1n) is 17.2. The smallest absolute Gasteiger partial charge is 0.280 e. The summed E-state index contributed by atoms with van der Waals surface area (Å²) in [5.41, 5.74) is 5.26. The molecular formula is C37H41BN8O4. The molecule has 1 aliphatic carbocycles. The minimum Gasteiger partial charge on any atom is -0.398 e. The predicted molar refractivity (Wildman–Crippen MR) is 194 cm³/mol. The van der Waals surface area contributed by atoms with Crippen molar-refractivity contribution in [2.24, 2.45) is 12.5 Å². The van der Waals surface area contributed by atoms with E-state index in [0.29, 0.717) is 40.2 Å². The molecule has 5 aromatic heterocycles. The molecule has 2 aliphatic heterocycles. The van der Waals surface area contributed by atoms with Crippen LogP contribution in [0.4, 0.5) is 17.2 Å². The van der Waals surface area contributed by atoms with E-state index in [1.54, 1.807) is 37.8 Å². The molecule has 2 atom stereocenters. The molecule has 2 N–H and O–H groups in total. The first-order valence-corrected chi connectivity index (χ1v) is 17.2. The number of aliphatic hydroxyl groups excluding tert-OH is 1. The zero-order chi connectivity index (χ0) is 34.9. The van der Waals surface area contributed by atoms with Crippen LogP contribution in [0.1, 0.15) is 43.6 Å². The average Bonchev–Trinajstić information content (AvgIpc) is 3.55. The van der Waals surface area contributed by atoms with Gasteiger partial charge in [0.2, 0.25) is 0 Å². The number of fused-ring (bicyclic) bond motifs is 3. The SMILES string of the molecule is [B]C(O)c1c(-c2cc(Nc3ccc(N4CCN(C5COC5)C[C@@H]4C)cn3)c(=O)n(C)c2)ccnc1-n1ccn2c3c(cc2c1=O)CC(C)(C)C3. The van der Waals surface area contributed by atoms with Gasteiger partial charge in [0.25, 0.3) is 11.1 Å². The lowest BCUT2D eigenvalue weighted by Gasteiger charge is -2.46. The second-order valence-electron chi connectivity index (χ2n) is 14.7. The van der Waals surface area contributed by atoms with Crippen LogP contribution in [-0.4, -0.2) is 86.3 Å². The van der Waals surface area contributed by atoms with E-state index in [0.717, 1.165) is 57.1 Å². The number of anilines is 3. The predicted octanol–water partition coefficient (Wildman–Crippen LogP) is 3.18. The van der Waals surface area contributed by atoms with Crippen LogP contribution in [0.3, 0.4) is 0 Å². The van der Waals surface area contributed by atoms with Gasteiger partial charge in [-0.1, -0.05) is 13.8 Å². The topological polar surface area (TPSA) is 122 Å². The van der Waals surface area contributed by atoms with Crippen molar-refractivity contribution in [2.75, 3.05) is 43.1 Å². The van der Waals surface area contributed by atoms with Crippen LogP contribution in [0.5, 0.6) is 0 Å². The number of nitrogens with zero attached hydrogens (tertiary/aromatic N) is 7. The Kier molecular flexibility index (Phi) is 7.96. The molecule has 0 aromatic carbocycles. The van der Waals surface area contributed by atoms with Crippen molar-refractivity contribution < 1.29 is 9.84 Å². The maximum atomic E-state index is 13.9. The molecule has 12 nitrogen and oxygen atoms in total. The number of hydrogen-bond donors (Lipinski definition) is 2. The van der Waals surface area contributed by atoms with E-state index < -0.39 is 6.00 Å². The van der Waals surface area contributed by atoms with Crippen LogP contribution in [0.15, 0.2) is 70.9 Å². The van der Waals surface area contributed by atoms with E-state index in [9.17, 15) is 14.7 Å². The molecule has 0 spiro atoms. The fourth-order valence-electron chi connectivity index (χ4n) is 7.88. The normalized spacial score (nSPS) is 19.8. The Labute approximate surface area is 291 Å². The number of piperazine rings is 1. The Morgan fingerprint density at radius 1 is 1.06 bits per heavy atom. The van der Waals surface area contributed by atoms with E-state index in [1.165, 1.54) is 14.7 Å². The number of aliphatic hydroxyl groups is 1. The van der Waals surface area contributed by atoms with Gasteiger partial charge in [-0.3, -0.25) is 19.1 Å². The Morgan fingerprint density at radius 2 is 1.88 bits per heavy atom. The van der Waals surface area contributed by atoms with E-state index in [1.807, 2.05) is 35.0 Å². The highest BCUT2D eigenvalue weighted by atomic mass is 16.5. The largest absolute Gasteiger partial charge is 0.398 e. The van der Waals surface area contributed by atoms with Gasteiger partial charge in [-0.15, -0.1) is 0 Å². The van der Waals surface area contributed by atoms with Crippen LogP contribution in [0, 0.1) is 5.41 Å². The molecule has 2 saturated heterocycles. The fourth-order valence-corrected chi connectivity index (χ4v) is 7.88. The second kappa shape index (κ2) is 12.3. The molecule has 3 aliphatic rings. The van der Waals surface area contributed by atoms with E-state index in [-0.39, 0.29) is 27.9 Å². The molecule has 7 heterocycles. The summed E-state index contributed by atoms with van der Waals surface area (Å²) < 4.78 is 10.2. The van der Waals surface area contributed by atoms with Gasteiger partial charge in [0.1, 0.15) is 30.7 Å². The average molecular weight is 673 g/mol. The van der Waals surface area contributed by atoms with Crippen LogP contribution in [-0.2, 0) is 24.6 Å². The highest BCUT2D eigenvalue weighted by Gasteiger charge is 2.33. The number of aryl methyl sites for hydroxylation is 1. The second-order valence-corrected chi connectivity index (χ2v) is 14.7. The van der Waals surface area contributed by atoms with Crippen molar-refractivity contribution in [1.82, 2.24) is 28.4 Å². The standard InChI is InChI=1S/C37H41BN8O4/c1-22-18-43(26-20-50-21-26)9-10-44(22)25-5-6-31(40-17-25)41-28-13-24(19-42(4)35(28)48)27-7-8-39-34(32(27)33(38)47)46-12-11-45-29(36(46)49)14-23-15-37(2,3)16-30(23)45/h5-8,11-14,17,19,22,26,33,47H,9-10,15-16,18,20-21H2,1-4H3,(H,40,41)/t22-,33?/m0/s1. The van der Waals surface area contributed by atoms with Crippen molar-refractivity contribution in [3.05, 3.63) is 98.8 Å². The van der Waals surface area contributed by atoms with Gasteiger partial charge in [-0.25, -0.2) is 9.97 Å². The highest BCUT2D eigenvalue weighted by molar-refractivity contribution is 6.12. The molecule has 50 heavy (non-hydrogen) atoms. The van der Waals surface area contributed by atoms with Gasteiger partial charge in [0.05, 0.1) is 31.1 Å². The summed E-state index contributed by atoms with van der Waals surface area (Å²) in [4.78, 5) is 41.2. The van der Waals surface area contributed by atoms with Gasteiger partial charge in [0, 0.05) is 80.3 Å². The van der Waals surface area contributed by atoms with Crippen LogP contribution < -0.4 is 21.3 Å². The monoisotopic (exact) mass is 672 g/mol. The minimum atomic E-state index is -1.46. The van der Waals surface area contributed by atoms with E-state index >= 15 is 0 Å². The highest BCUT2D eigenvalue weighted by Crippen LogP contribution is 2.38. The lowest BCUT2D eigenvalue weighted by molar-refractivity contribution is -0.0691. The summed E-state index contributed by atoms with van der Waals surface area (Å²) in [6.07, 6.45) is 10.4. The van der Waals surface area contributed by atoms with Crippen molar-refractivity contribution in [2.45, 2.75) is 51.7 Å². The first kappa shape index (κ1) is 32.5. The Balaban J connectivity index is 1.09. The number of nitrogens with one attached hydrogen (secondary N) is 1. The van der Waals surface area contributed by atoms with Crippen molar-refractivity contribution in [3.8, 4) is 16.9 Å². The van der Waals surface area contributed by atoms with Gasteiger partial charge >= 0.3 is 0 Å². The maximum absolute atomic E-state index is 13.9. The molecule has 256 valence electrons. The Hall–Kier alpha value is -4.72. The maximum Gasteiger partial charge on any atom is 0.280 e.